The first-order chi connectivity index (χ1) is 13.8. The molecule has 0 aliphatic heterocycles. The summed E-state index contributed by atoms with van der Waals surface area (Å²) in [6.45, 7) is 2.15. The third-order valence-corrected chi connectivity index (χ3v) is 6.04. The fourth-order valence-electron chi connectivity index (χ4n) is 3.66. The van der Waals surface area contributed by atoms with Crippen LogP contribution in [0.2, 0.25) is 0 Å². The number of hydrogen-bond donors (Lipinski definition) is 1. The number of pyridine rings is 1. The van der Waals surface area contributed by atoms with Crippen molar-refractivity contribution < 1.29 is 0 Å². The van der Waals surface area contributed by atoms with E-state index in [1.165, 1.54) is 21.4 Å². The number of nitrogens with one attached hydrogen (secondary N) is 1. The second-order valence-corrected chi connectivity index (χ2v) is 7.86. The Morgan fingerprint density at radius 3 is 2.54 bits per heavy atom. The van der Waals surface area contributed by atoms with Crippen molar-refractivity contribution in [3.63, 3.8) is 0 Å². The summed E-state index contributed by atoms with van der Waals surface area (Å²) in [4.78, 5) is 9.41. The van der Waals surface area contributed by atoms with E-state index in [2.05, 4.69) is 77.9 Å². The molecule has 136 valence electrons. The van der Waals surface area contributed by atoms with Crippen LogP contribution in [-0.2, 0) is 0 Å². The zero-order valence-corrected chi connectivity index (χ0v) is 16.3. The van der Waals surface area contributed by atoms with Gasteiger partial charge in [-0.25, -0.2) is 4.98 Å². The second kappa shape index (κ2) is 7.06. The lowest BCUT2D eigenvalue weighted by atomic mass is 9.93. The molecule has 1 atom stereocenters. The van der Waals surface area contributed by atoms with E-state index in [1.807, 2.05) is 24.4 Å². The van der Waals surface area contributed by atoms with Crippen molar-refractivity contribution in [1.29, 1.82) is 0 Å². The number of aromatic nitrogens is 2. The van der Waals surface area contributed by atoms with Gasteiger partial charge in [-0.2, -0.15) is 0 Å². The predicted molar refractivity (Wildman–Crippen MR) is 118 cm³/mol. The fraction of sp³-hybridized carbons (Fsp3) is 0.0833. The molecule has 3 aromatic carbocycles. The first kappa shape index (κ1) is 16.9. The summed E-state index contributed by atoms with van der Waals surface area (Å²) in [6, 6.07) is 27.2. The largest absolute Gasteiger partial charge is 0.351 e. The monoisotopic (exact) mass is 381 g/mol. The highest BCUT2D eigenvalue weighted by Gasteiger charge is 2.19. The maximum Gasteiger partial charge on any atom is 0.184 e. The SMILES string of the molecule is Cc1c(C(Nc2nc3ccccc3s2)c2ccccc2)ccc2cccnc12. The summed E-state index contributed by atoms with van der Waals surface area (Å²) in [7, 11) is 0. The first-order valence-electron chi connectivity index (χ1n) is 9.31. The molecule has 0 spiro atoms. The van der Waals surface area contributed by atoms with E-state index in [-0.39, 0.29) is 6.04 Å². The lowest BCUT2D eigenvalue weighted by molar-refractivity contribution is 0.926. The van der Waals surface area contributed by atoms with Crippen molar-refractivity contribution in [2.24, 2.45) is 0 Å². The molecular formula is C24H19N3S. The summed E-state index contributed by atoms with van der Waals surface area (Å²) in [5.74, 6) is 0. The quantitative estimate of drug-likeness (QED) is 0.394. The van der Waals surface area contributed by atoms with Crippen molar-refractivity contribution in [2.75, 3.05) is 5.32 Å². The van der Waals surface area contributed by atoms with Crippen LogP contribution >= 0.6 is 11.3 Å². The van der Waals surface area contributed by atoms with E-state index >= 15 is 0 Å². The molecule has 0 aliphatic carbocycles. The van der Waals surface area contributed by atoms with Crippen molar-refractivity contribution in [1.82, 2.24) is 9.97 Å². The normalized spacial score (nSPS) is 12.3. The summed E-state index contributed by atoms with van der Waals surface area (Å²) in [6.07, 6.45) is 1.86. The number of para-hydroxylation sites is 1. The number of fused-ring (bicyclic) bond motifs is 2. The molecule has 2 heterocycles. The molecule has 0 fully saturated rings. The number of hydrogen-bond acceptors (Lipinski definition) is 4. The van der Waals surface area contributed by atoms with Crippen LogP contribution in [0.15, 0.2) is 85.1 Å². The molecule has 0 aliphatic rings. The van der Waals surface area contributed by atoms with Gasteiger partial charge in [0.2, 0.25) is 0 Å². The van der Waals surface area contributed by atoms with E-state index in [9.17, 15) is 0 Å². The van der Waals surface area contributed by atoms with Crippen LogP contribution in [0, 0.1) is 6.92 Å². The number of thiazole rings is 1. The van der Waals surface area contributed by atoms with Crippen LogP contribution in [0.5, 0.6) is 0 Å². The number of anilines is 1. The van der Waals surface area contributed by atoms with Gasteiger partial charge in [0.25, 0.3) is 0 Å². The van der Waals surface area contributed by atoms with E-state index in [1.54, 1.807) is 11.3 Å². The number of nitrogens with zero attached hydrogens (tertiary/aromatic N) is 2. The molecule has 4 heteroatoms. The molecule has 0 saturated heterocycles. The Labute approximate surface area is 167 Å². The van der Waals surface area contributed by atoms with Gasteiger partial charge in [0.15, 0.2) is 5.13 Å². The first-order valence-corrected chi connectivity index (χ1v) is 10.1. The van der Waals surface area contributed by atoms with Crippen LogP contribution in [0.4, 0.5) is 5.13 Å². The Kier molecular flexibility index (Phi) is 4.26. The van der Waals surface area contributed by atoms with Crippen molar-refractivity contribution in [3.05, 3.63) is 102 Å². The highest BCUT2D eigenvalue weighted by molar-refractivity contribution is 7.22. The smallest absolute Gasteiger partial charge is 0.184 e. The van der Waals surface area contributed by atoms with Gasteiger partial charge < -0.3 is 5.32 Å². The van der Waals surface area contributed by atoms with Gasteiger partial charge in [-0.05, 0) is 41.8 Å². The van der Waals surface area contributed by atoms with Gasteiger partial charge in [0.1, 0.15) is 0 Å². The molecule has 0 saturated carbocycles. The lowest BCUT2D eigenvalue weighted by Crippen LogP contribution is -2.14. The zero-order chi connectivity index (χ0) is 18.9. The fourth-order valence-corrected chi connectivity index (χ4v) is 4.56. The Balaban J connectivity index is 1.64. The molecule has 0 amide bonds. The molecule has 5 aromatic rings. The van der Waals surface area contributed by atoms with Gasteiger partial charge >= 0.3 is 0 Å². The van der Waals surface area contributed by atoms with Gasteiger partial charge in [0.05, 0.1) is 21.8 Å². The average Bonchev–Trinajstić information content (AvgIpc) is 3.16. The maximum atomic E-state index is 4.79. The molecule has 2 aromatic heterocycles. The van der Waals surface area contributed by atoms with Gasteiger partial charge in [-0.1, -0.05) is 72.0 Å². The number of rotatable bonds is 4. The van der Waals surface area contributed by atoms with Crippen molar-refractivity contribution in [2.45, 2.75) is 13.0 Å². The predicted octanol–water partition coefficient (Wildman–Crippen LogP) is 6.35. The number of aryl methyl sites for hydroxylation is 1. The summed E-state index contributed by atoms with van der Waals surface area (Å²) in [5.41, 5.74) is 5.70. The van der Waals surface area contributed by atoms with Crippen LogP contribution in [-0.4, -0.2) is 9.97 Å². The third-order valence-electron chi connectivity index (χ3n) is 5.08. The van der Waals surface area contributed by atoms with Crippen LogP contribution < -0.4 is 5.32 Å². The summed E-state index contributed by atoms with van der Waals surface area (Å²) >= 11 is 1.69. The second-order valence-electron chi connectivity index (χ2n) is 6.83. The highest BCUT2D eigenvalue weighted by atomic mass is 32.1. The molecule has 0 radical (unpaired) electrons. The van der Waals surface area contributed by atoms with Gasteiger partial charge in [-0.3, -0.25) is 4.98 Å². The third kappa shape index (κ3) is 3.02. The van der Waals surface area contributed by atoms with Gasteiger partial charge in [-0.15, -0.1) is 0 Å². The topological polar surface area (TPSA) is 37.8 Å². The van der Waals surface area contributed by atoms with E-state index < -0.39 is 0 Å². The molecule has 1 unspecified atom stereocenters. The zero-order valence-electron chi connectivity index (χ0n) is 15.5. The average molecular weight is 382 g/mol. The molecule has 5 rings (SSSR count). The van der Waals surface area contributed by atoms with E-state index in [4.69, 9.17) is 4.98 Å². The summed E-state index contributed by atoms with van der Waals surface area (Å²) in [5, 5.41) is 5.78. The Bertz CT molecular complexity index is 1230. The Hall–Kier alpha value is -3.24. The van der Waals surface area contributed by atoms with Gasteiger partial charge in [0, 0.05) is 11.6 Å². The Morgan fingerprint density at radius 2 is 1.68 bits per heavy atom. The van der Waals surface area contributed by atoms with E-state index in [0.717, 1.165) is 21.6 Å². The van der Waals surface area contributed by atoms with Crippen LogP contribution in [0.1, 0.15) is 22.7 Å². The highest BCUT2D eigenvalue weighted by Crippen LogP contribution is 2.34. The summed E-state index contributed by atoms with van der Waals surface area (Å²) < 4.78 is 1.19. The van der Waals surface area contributed by atoms with Crippen LogP contribution in [0.25, 0.3) is 21.1 Å². The molecule has 0 bridgehead atoms. The van der Waals surface area contributed by atoms with Crippen LogP contribution in [0.3, 0.4) is 0 Å². The standard InChI is InChI=1S/C24H19N3S/c1-16-19(14-13-18-10-7-15-25-22(16)18)23(17-8-3-2-4-9-17)27-24-26-20-11-5-6-12-21(20)28-24/h2-15,23H,1H3,(H,26,27). The molecule has 28 heavy (non-hydrogen) atoms. The molecular weight excluding hydrogens is 362 g/mol. The minimum absolute atomic E-state index is 0.00756. The minimum Gasteiger partial charge on any atom is -0.351 e. The molecule has 3 nitrogen and oxygen atoms in total. The lowest BCUT2D eigenvalue weighted by Gasteiger charge is -2.22. The van der Waals surface area contributed by atoms with Crippen molar-refractivity contribution >= 4 is 37.6 Å². The molecule has 1 N–H and O–H groups in total. The van der Waals surface area contributed by atoms with E-state index in [0.29, 0.717) is 0 Å². The maximum absolute atomic E-state index is 4.79. The minimum atomic E-state index is 0.00756. The number of benzene rings is 3. The van der Waals surface area contributed by atoms with Crippen molar-refractivity contribution in [3.8, 4) is 0 Å². The Morgan fingerprint density at radius 1 is 0.857 bits per heavy atom.